The molecule has 1 aliphatic carbocycles. The van der Waals surface area contributed by atoms with Crippen molar-refractivity contribution in [2.75, 3.05) is 4.90 Å². The molecule has 0 radical (unpaired) electrons. The van der Waals surface area contributed by atoms with Gasteiger partial charge in [0.15, 0.2) is 0 Å². The molecule has 0 saturated heterocycles. The van der Waals surface area contributed by atoms with Crippen molar-refractivity contribution in [3.8, 4) is 44.5 Å². The maximum atomic E-state index is 6.58. The first-order valence-corrected chi connectivity index (χ1v) is 23.5. The number of anilines is 3. The van der Waals surface area contributed by atoms with E-state index in [0.29, 0.717) is 0 Å². The van der Waals surface area contributed by atoms with Crippen molar-refractivity contribution in [2.45, 2.75) is 19.3 Å². The van der Waals surface area contributed by atoms with E-state index in [-0.39, 0.29) is 5.41 Å². The lowest BCUT2D eigenvalue weighted by molar-refractivity contribution is 0.662. The van der Waals surface area contributed by atoms with Crippen molar-refractivity contribution >= 4 is 82.5 Å². The van der Waals surface area contributed by atoms with E-state index in [1.165, 1.54) is 44.2 Å². The first kappa shape index (κ1) is 38.6. The monoisotopic (exact) mass is 869 g/mol. The minimum atomic E-state index is -0.113. The molecule has 0 bridgehead atoms. The highest BCUT2D eigenvalue weighted by Crippen LogP contribution is 2.52. The number of hydrogen-bond acceptors (Lipinski definition) is 3. The maximum absolute atomic E-state index is 6.58. The number of furan rings is 2. The Balaban J connectivity index is 0.883. The quantitative estimate of drug-likeness (QED) is 0.167. The molecule has 2 aromatic heterocycles. The minimum Gasteiger partial charge on any atom is -0.455 e. The van der Waals surface area contributed by atoms with Gasteiger partial charge in [-0.25, -0.2) is 0 Å². The molecule has 13 aromatic rings. The van der Waals surface area contributed by atoms with Gasteiger partial charge in [0.05, 0.1) is 0 Å². The van der Waals surface area contributed by atoms with E-state index in [1.807, 2.05) is 0 Å². The van der Waals surface area contributed by atoms with Crippen LogP contribution in [0.3, 0.4) is 0 Å². The van der Waals surface area contributed by atoms with Gasteiger partial charge in [-0.2, -0.15) is 0 Å². The number of nitrogens with zero attached hydrogens (tertiary/aromatic N) is 1. The van der Waals surface area contributed by atoms with E-state index in [1.54, 1.807) is 0 Å². The van der Waals surface area contributed by atoms with Crippen molar-refractivity contribution < 1.29 is 8.83 Å². The maximum Gasteiger partial charge on any atom is 0.143 e. The summed E-state index contributed by atoms with van der Waals surface area (Å²) in [6, 6.07) is 81.3. The first-order valence-electron chi connectivity index (χ1n) is 23.5. The average molecular weight is 870 g/mol. The lowest BCUT2D eigenvalue weighted by Crippen LogP contribution is -2.16. The second-order valence-electron chi connectivity index (χ2n) is 18.8. The van der Waals surface area contributed by atoms with Crippen molar-refractivity contribution in [3.05, 3.63) is 236 Å². The summed E-state index contributed by atoms with van der Waals surface area (Å²) in [6.07, 6.45) is 0. The van der Waals surface area contributed by atoms with Crippen LogP contribution in [0.25, 0.3) is 110 Å². The van der Waals surface area contributed by atoms with E-state index in [0.717, 1.165) is 94.0 Å². The van der Waals surface area contributed by atoms with E-state index in [4.69, 9.17) is 8.83 Å². The van der Waals surface area contributed by atoms with Crippen molar-refractivity contribution in [1.29, 1.82) is 0 Å². The van der Waals surface area contributed by atoms with E-state index < -0.39 is 0 Å². The fraction of sp³-hybridized carbons (Fsp3) is 0.0462. The van der Waals surface area contributed by atoms with Crippen LogP contribution in [0.1, 0.15) is 25.0 Å². The fourth-order valence-electron chi connectivity index (χ4n) is 11.5. The van der Waals surface area contributed by atoms with Crippen LogP contribution in [0.5, 0.6) is 0 Å². The minimum absolute atomic E-state index is 0.113. The summed E-state index contributed by atoms with van der Waals surface area (Å²) in [4.78, 5) is 2.37. The molecule has 320 valence electrons. The van der Waals surface area contributed by atoms with Gasteiger partial charge in [-0.15, -0.1) is 0 Å². The van der Waals surface area contributed by atoms with Gasteiger partial charge in [0.2, 0.25) is 0 Å². The predicted molar refractivity (Wildman–Crippen MR) is 285 cm³/mol. The first-order chi connectivity index (χ1) is 33.5. The van der Waals surface area contributed by atoms with Gasteiger partial charge in [0, 0.05) is 54.8 Å². The molecular weight excluding hydrogens is 827 g/mol. The summed E-state index contributed by atoms with van der Waals surface area (Å²) in [7, 11) is 0. The third-order valence-corrected chi connectivity index (χ3v) is 14.7. The lowest BCUT2D eigenvalue weighted by atomic mass is 9.79. The smallest absolute Gasteiger partial charge is 0.143 e. The van der Waals surface area contributed by atoms with Gasteiger partial charge in [-0.05, 0) is 127 Å². The molecular formula is C65H43NO2. The molecule has 0 atom stereocenters. The Morgan fingerprint density at radius 2 is 0.735 bits per heavy atom. The SMILES string of the molecule is CC1(C)c2ccccc2-c2cccc(-c3ccc(N(c4ccc(-c5cccc6oc7c8ccccc8ccc7c56)cc4)c4ccc(-c5cccc6oc7c8ccccc8ccc7c56)cc4)cc3)c21. The summed E-state index contributed by atoms with van der Waals surface area (Å²) >= 11 is 0. The lowest BCUT2D eigenvalue weighted by Gasteiger charge is -2.27. The van der Waals surface area contributed by atoms with Crippen LogP contribution in [0, 0.1) is 0 Å². The summed E-state index contributed by atoms with van der Waals surface area (Å²) in [5.74, 6) is 0. The molecule has 11 aromatic carbocycles. The van der Waals surface area contributed by atoms with Gasteiger partial charge in [0.25, 0.3) is 0 Å². The van der Waals surface area contributed by atoms with Gasteiger partial charge in [-0.1, -0.05) is 178 Å². The molecule has 68 heavy (non-hydrogen) atoms. The molecule has 0 amide bonds. The Morgan fingerprint density at radius 3 is 1.26 bits per heavy atom. The van der Waals surface area contributed by atoms with Crippen LogP contribution in [0.15, 0.2) is 233 Å². The third-order valence-electron chi connectivity index (χ3n) is 14.7. The van der Waals surface area contributed by atoms with Crippen molar-refractivity contribution in [2.24, 2.45) is 0 Å². The number of benzene rings is 11. The van der Waals surface area contributed by atoms with E-state index in [9.17, 15) is 0 Å². The number of hydrogen-bond donors (Lipinski definition) is 0. The van der Waals surface area contributed by atoms with Crippen LogP contribution in [0.4, 0.5) is 17.1 Å². The Bertz CT molecular complexity index is 3950. The van der Waals surface area contributed by atoms with Crippen molar-refractivity contribution in [1.82, 2.24) is 0 Å². The normalized spacial score (nSPS) is 13.0. The highest BCUT2D eigenvalue weighted by Gasteiger charge is 2.37. The molecule has 0 unspecified atom stereocenters. The molecule has 3 nitrogen and oxygen atoms in total. The molecule has 0 spiro atoms. The molecule has 2 heterocycles. The molecule has 14 rings (SSSR count). The number of fused-ring (bicyclic) bond motifs is 13. The van der Waals surface area contributed by atoms with E-state index >= 15 is 0 Å². The summed E-state index contributed by atoms with van der Waals surface area (Å²) in [6.45, 7) is 4.72. The van der Waals surface area contributed by atoms with Gasteiger partial charge < -0.3 is 13.7 Å². The Hall–Kier alpha value is -8.66. The largest absolute Gasteiger partial charge is 0.455 e. The summed E-state index contributed by atoms with van der Waals surface area (Å²) in [5, 5.41) is 9.14. The van der Waals surface area contributed by atoms with Crippen LogP contribution >= 0.6 is 0 Å². The van der Waals surface area contributed by atoms with Crippen LogP contribution in [-0.2, 0) is 5.41 Å². The second-order valence-corrected chi connectivity index (χ2v) is 18.8. The zero-order valence-corrected chi connectivity index (χ0v) is 37.6. The molecule has 0 fully saturated rings. The molecule has 1 aliphatic rings. The highest BCUT2D eigenvalue weighted by molar-refractivity contribution is 6.20. The van der Waals surface area contributed by atoms with Gasteiger partial charge >= 0.3 is 0 Å². The highest BCUT2D eigenvalue weighted by atomic mass is 16.3. The summed E-state index contributed by atoms with van der Waals surface area (Å²) in [5.41, 5.74) is 19.2. The Morgan fingerprint density at radius 1 is 0.324 bits per heavy atom. The number of rotatable bonds is 6. The van der Waals surface area contributed by atoms with Crippen LogP contribution in [0.2, 0.25) is 0 Å². The second kappa shape index (κ2) is 14.7. The molecule has 0 aliphatic heterocycles. The molecule has 3 heteroatoms. The zero-order valence-electron chi connectivity index (χ0n) is 37.6. The zero-order chi connectivity index (χ0) is 45.1. The van der Waals surface area contributed by atoms with Crippen LogP contribution in [-0.4, -0.2) is 0 Å². The van der Waals surface area contributed by atoms with Crippen molar-refractivity contribution in [3.63, 3.8) is 0 Å². The fourth-order valence-corrected chi connectivity index (χ4v) is 11.5. The Labute approximate surface area is 393 Å². The van der Waals surface area contributed by atoms with Gasteiger partial charge in [-0.3, -0.25) is 0 Å². The topological polar surface area (TPSA) is 29.5 Å². The molecule has 0 N–H and O–H groups in total. The average Bonchev–Trinajstić information content (AvgIpc) is 4.05. The third kappa shape index (κ3) is 5.72. The van der Waals surface area contributed by atoms with Gasteiger partial charge in [0.1, 0.15) is 22.3 Å². The molecule has 0 saturated carbocycles. The predicted octanol–water partition coefficient (Wildman–Crippen LogP) is 18.6. The summed E-state index contributed by atoms with van der Waals surface area (Å²) < 4.78 is 13.2. The van der Waals surface area contributed by atoms with Crippen LogP contribution < -0.4 is 4.90 Å². The standard InChI is InChI=1S/C65H43NO2/c1-65(2)57-21-8-7-16-53(57)54-20-9-19-50(62(54)65)44-28-36-47(37-29-44)66(45-32-24-42(25-33-45)48-17-10-22-58-60(48)55-38-30-40-12-3-5-14-51(40)63(55)67-58)46-34-26-43(27-35-46)49-18-11-23-59-61(49)56-39-31-41-13-4-6-15-52(41)64(56)68-59/h3-39H,1-2H3. The van der Waals surface area contributed by atoms with E-state index in [2.05, 4.69) is 243 Å². The Kier molecular flexibility index (Phi) is 8.33.